The van der Waals surface area contributed by atoms with E-state index in [2.05, 4.69) is 10.3 Å². The number of carbonyl (C=O) groups is 1. The van der Waals surface area contributed by atoms with E-state index in [0.717, 1.165) is 17.0 Å². The smallest absolute Gasteiger partial charge is 0.222 e. The Kier molecular flexibility index (Phi) is 10.0. The van der Waals surface area contributed by atoms with Crippen LogP contribution in [0, 0.1) is 0 Å². The van der Waals surface area contributed by atoms with Crippen LogP contribution in [0.1, 0.15) is 42.4 Å². The number of amides is 1. The highest BCUT2D eigenvalue weighted by atomic mass is 35.5. The summed E-state index contributed by atoms with van der Waals surface area (Å²) in [6.07, 6.45) is 2.86. The molecule has 2 rings (SSSR count). The van der Waals surface area contributed by atoms with E-state index in [9.17, 15) is 4.79 Å². The van der Waals surface area contributed by atoms with E-state index in [1.54, 1.807) is 17.5 Å². The van der Waals surface area contributed by atoms with Crippen molar-refractivity contribution < 1.29 is 4.79 Å². The number of rotatable bonds is 6. The lowest BCUT2D eigenvalue weighted by atomic mass is 10.0. The van der Waals surface area contributed by atoms with Crippen LogP contribution >= 0.6 is 36.2 Å². The van der Waals surface area contributed by atoms with Crippen molar-refractivity contribution >= 4 is 42.1 Å². The Hall–Kier alpha value is -1.14. The minimum atomic E-state index is -0.273. The molecule has 1 aromatic heterocycles. The van der Waals surface area contributed by atoms with Gasteiger partial charge in [0.2, 0.25) is 5.91 Å². The topological polar surface area (TPSA) is 68.0 Å². The zero-order valence-electron chi connectivity index (χ0n) is 12.3. The number of hydrogen-bond acceptors (Lipinski definition) is 4. The van der Waals surface area contributed by atoms with Gasteiger partial charge in [-0.3, -0.25) is 4.79 Å². The Balaban J connectivity index is 0.00000220. The summed E-state index contributed by atoms with van der Waals surface area (Å²) in [4.78, 5) is 16.3. The highest BCUT2D eigenvalue weighted by molar-refractivity contribution is 7.09. The lowest BCUT2D eigenvalue weighted by Gasteiger charge is -2.17. The zero-order chi connectivity index (χ0) is 14.4. The second-order valence-electron chi connectivity index (χ2n) is 4.62. The van der Waals surface area contributed by atoms with Gasteiger partial charge in [0.05, 0.1) is 6.04 Å². The summed E-state index contributed by atoms with van der Waals surface area (Å²) in [5.74, 6) is -0.0385. The summed E-state index contributed by atoms with van der Waals surface area (Å²) in [5.41, 5.74) is 7.03. The Bertz CT molecular complexity index is 537. The van der Waals surface area contributed by atoms with Gasteiger partial charge in [0.15, 0.2) is 0 Å². The molecule has 2 atom stereocenters. The normalized spacial score (nSPS) is 12.5. The molecule has 1 heterocycles. The second kappa shape index (κ2) is 10.6. The highest BCUT2D eigenvalue weighted by Gasteiger charge is 2.17. The fraction of sp³-hybridized carbons (Fsp3) is 0.333. The minimum Gasteiger partial charge on any atom is -0.347 e. The third-order valence-electron chi connectivity index (χ3n) is 3.13. The van der Waals surface area contributed by atoms with E-state index >= 15 is 0 Å². The first-order valence-electron chi connectivity index (χ1n) is 6.70. The summed E-state index contributed by atoms with van der Waals surface area (Å²) in [5, 5.41) is 5.85. The Labute approximate surface area is 147 Å². The molecule has 3 N–H and O–H groups in total. The average molecular weight is 362 g/mol. The molecule has 0 bridgehead atoms. The molecule has 22 heavy (non-hydrogen) atoms. The van der Waals surface area contributed by atoms with Gasteiger partial charge in [0, 0.05) is 24.0 Å². The summed E-state index contributed by atoms with van der Waals surface area (Å²) >= 11 is 1.56. The maximum absolute atomic E-state index is 12.1. The van der Waals surface area contributed by atoms with E-state index in [1.165, 1.54) is 0 Å². The molecule has 1 amide bonds. The van der Waals surface area contributed by atoms with Crippen molar-refractivity contribution in [1.82, 2.24) is 10.3 Å². The molecule has 0 aliphatic carbocycles. The highest BCUT2D eigenvalue weighted by Crippen LogP contribution is 2.20. The van der Waals surface area contributed by atoms with Gasteiger partial charge in [-0.1, -0.05) is 37.3 Å². The van der Waals surface area contributed by atoms with E-state index in [4.69, 9.17) is 5.73 Å². The third-order valence-corrected chi connectivity index (χ3v) is 4.02. The summed E-state index contributed by atoms with van der Waals surface area (Å²) in [6.45, 7) is 2.03. The van der Waals surface area contributed by atoms with Crippen molar-refractivity contribution in [2.45, 2.75) is 31.8 Å². The summed E-state index contributed by atoms with van der Waals surface area (Å²) in [6, 6.07) is 9.38. The molecule has 0 saturated heterocycles. The molecule has 2 unspecified atom stereocenters. The number of aromatic nitrogens is 1. The summed E-state index contributed by atoms with van der Waals surface area (Å²) in [7, 11) is 0. The molecule has 1 aromatic carbocycles. The Morgan fingerprint density at radius 3 is 2.55 bits per heavy atom. The van der Waals surface area contributed by atoms with Crippen LogP contribution in [0.25, 0.3) is 0 Å². The molecule has 2 aromatic rings. The monoisotopic (exact) mass is 361 g/mol. The van der Waals surface area contributed by atoms with Gasteiger partial charge in [-0.05, 0) is 12.0 Å². The maximum atomic E-state index is 12.1. The van der Waals surface area contributed by atoms with Crippen LogP contribution in [-0.2, 0) is 4.79 Å². The minimum absolute atomic E-state index is 0. The first-order valence-corrected chi connectivity index (χ1v) is 7.58. The lowest BCUT2D eigenvalue weighted by molar-refractivity contribution is -0.122. The molecule has 0 aliphatic heterocycles. The second-order valence-corrected chi connectivity index (χ2v) is 5.55. The predicted octanol–water partition coefficient (Wildman–Crippen LogP) is 3.64. The number of halogens is 2. The number of benzene rings is 1. The molecule has 7 heteroatoms. The molecule has 4 nitrogen and oxygen atoms in total. The van der Waals surface area contributed by atoms with Crippen LogP contribution in [0.4, 0.5) is 0 Å². The van der Waals surface area contributed by atoms with Crippen molar-refractivity contribution in [2.24, 2.45) is 5.73 Å². The van der Waals surface area contributed by atoms with Gasteiger partial charge in [-0.25, -0.2) is 4.98 Å². The van der Waals surface area contributed by atoms with E-state index in [0.29, 0.717) is 0 Å². The van der Waals surface area contributed by atoms with Gasteiger partial charge >= 0.3 is 0 Å². The van der Waals surface area contributed by atoms with Gasteiger partial charge in [0.25, 0.3) is 0 Å². The lowest BCUT2D eigenvalue weighted by Crippen LogP contribution is -2.30. The number of carbonyl (C=O) groups excluding carboxylic acids is 1. The van der Waals surface area contributed by atoms with Gasteiger partial charge in [-0.2, -0.15) is 0 Å². The molecular weight excluding hydrogens is 341 g/mol. The van der Waals surface area contributed by atoms with Crippen molar-refractivity contribution in [3.63, 3.8) is 0 Å². The van der Waals surface area contributed by atoms with Crippen molar-refractivity contribution in [3.05, 3.63) is 52.5 Å². The number of nitrogens with one attached hydrogen (secondary N) is 1. The molecule has 122 valence electrons. The average Bonchev–Trinajstić information content (AvgIpc) is 2.99. The van der Waals surface area contributed by atoms with E-state index in [-0.39, 0.29) is 49.2 Å². The van der Waals surface area contributed by atoms with Crippen LogP contribution in [0.5, 0.6) is 0 Å². The molecule has 0 radical (unpaired) electrons. The SMILES string of the molecule is CCC(NC(=O)CC(N)c1ccccc1)c1nccs1.Cl.Cl. The Morgan fingerprint density at radius 2 is 2.00 bits per heavy atom. The number of nitrogens with zero attached hydrogens (tertiary/aromatic N) is 1. The first-order chi connectivity index (χ1) is 9.70. The standard InChI is InChI=1S/C15H19N3OS.2ClH/c1-2-13(15-17-8-9-20-15)18-14(19)10-12(16)11-6-4-3-5-7-11;;/h3-9,12-13H,2,10,16H2,1H3,(H,18,19);2*1H. The summed E-state index contributed by atoms with van der Waals surface area (Å²) < 4.78 is 0. The molecule has 0 spiro atoms. The van der Waals surface area contributed by atoms with Crippen LogP contribution < -0.4 is 11.1 Å². The van der Waals surface area contributed by atoms with Gasteiger partial charge in [0.1, 0.15) is 5.01 Å². The van der Waals surface area contributed by atoms with Crippen LogP contribution in [-0.4, -0.2) is 10.9 Å². The molecule has 0 aliphatic rings. The fourth-order valence-electron chi connectivity index (χ4n) is 2.02. The molecule has 0 saturated carbocycles. The van der Waals surface area contributed by atoms with Gasteiger partial charge in [-0.15, -0.1) is 36.2 Å². The van der Waals surface area contributed by atoms with Crippen LogP contribution in [0.3, 0.4) is 0 Å². The Morgan fingerprint density at radius 1 is 1.32 bits per heavy atom. The number of thiazole rings is 1. The van der Waals surface area contributed by atoms with Crippen LogP contribution in [0.15, 0.2) is 41.9 Å². The van der Waals surface area contributed by atoms with Crippen molar-refractivity contribution in [3.8, 4) is 0 Å². The van der Waals surface area contributed by atoms with Crippen LogP contribution in [0.2, 0.25) is 0 Å². The fourth-order valence-corrected chi connectivity index (χ4v) is 2.79. The number of hydrogen-bond donors (Lipinski definition) is 2. The zero-order valence-corrected chi connectivity index (χ0v) is 14.7. The quantitative estimate of drug-likeness (QED) is 0.824. The van der Waals surface area contributed by atoms with E-state index < -0.39 is 0 Å². The van der Waals surface area contributed by atoms with E-state index in [1.807, 2.05) is 42.6 Å². The molecular formula is C15H21Cl2N3OS. The van der Waals surface area contributed by atoms with Crippen molar-refractivity contribution in [2.75, 3.05) is 0 Å². The maximum Gasteiger partial charge on any atom is 0.222 e. The van der Waals surface area contributed by atoms with Gasteiger partial charge < -0.3 is 11.1 Å². The first kappa shape index (κ1) is 20.9. The molecule has 0 fully saturated rings. The van der Waals surface area contributed by atoms with Crippen molar-refractivity contribution in [1.29, 1.82) is 0 Å². The largest absolute Gasteiger partial charge is 0.347 e. The third kappa shape index (κ3) is 5.93. The number of nitrogens with two attached hydrogens (primary N) is 1. The predicted molar refractivity (Wildman–Crippen MR) is 95.8 cm³/mol.